The van der Waals surface area contributed by atoms with E-state index >= 15 is 0 Å². The number of phenolic OH excluding ortho intramolecular Hbond substituents is 1. The van der Waals surface area contributed by atoms with Gasteiger partial charge in [0.1, 0.15) is 28.9 Å². The average molecular weight is 423 g/mol. The zero-order valence-electron chi connectivity index (χ0n) is 16.0. The quantitative estimate of drug-likeness (QED) is 0.404. The van der Waals surface area contributed by atoms with Gasteiger partial charge in [-0.15, -0.1) is 0 Å². The van der Waals surface area contributed by atoms with Gasteiger partial charge in [0.15, 0.2) is 17.1 Å². The Morgan fingerprint density at radius 3 is 2.65 bits per heavy atom. The van der Waals surface area contributed by atoms with E-state index in [2.05, 4.69) is 9.97 Å². The summed E-state index contributed by atoms with van der Waals surface area (Å²) in [6.45, 7) is 0. The minimum absolute atomic E-state index is 0.0123. The van der Waals surface area contributed by atoms with Gasteiger partial charge in [-0.2, -0.15) is 0 Å². The third kappa shape index (κ3) is 2.33. The summed E-state index contributed by atoms with van der Waals surface area (Å²) in [5.74, 6) is -6.54. The molecule has 0 aliphatic heterocycles. The number of benzene rings is 1. The van der Waals surface area contributed by atoms with Crippen molar-refractivity contribution in [1.82, 2.24) is 9.97 Å². The van der Waals surface area contributed by atoms with Gasteiger partial charge in [0, 0.05) is 29.5 Å². The Labute approximate surface area is 174 Å². The number of hydrogen-bond donors (Lipinski definition) is 5. The second-order valence-corrected chi connectivity index (χ2v) is 8.13. The lowest BCUT2D eigenvalue weighted by Gasteiger charge is -2.46. The highest BCUT2D eigenvalue weighted by atomic mass is 16.3. The number of carbonyl (C=O) groups excluding carboxylic acids is 3. The highest BCUT2D eigenvalue weighted by Gasteiger charge is 2.60. The number of phenols is 1. The van der Waals surface area contributed by atoms with Crippen molar-refractivity contribution < 1.29 is 34.8 Å². The maximum absolute atomic E-state index is 13.4. The summed E-state index contributed by atoms with van der Waals surface area (Å²) in [5, 5.41) is 43.9. The Kier molecular flexibility index (Phi) is 3.78. The number of nitrogens with two attached hydrogens (primary N) is 1. The van der Waals surface area contributed by atoms with E-state index in [0.29, 0.717) is 10.9 Å². The molecule has 0 radical (unpaired) electrons. The van der Waals surface area contributed by atoms with Crippen molar-refractivity contribution in [2.24, 2.45) is 17.6 Å². The molecule has 0 spiro atoms. The summed E-state index contributed by atoms with van der Waals surface area (Å²) in [6, 6.07) is 1.71. The van der Waals surface area contributed by atoms with E-state index in [9.17, 15) is 34.8 Å². The van der Waals surface area contributed by atoms with E-state index in [4.69, 9.17) is 5.73 Å². The number of amides is 1. The van der Waals surface area contributed by atoms with Crippen molar-refractivity contribution in [2.45, 2.75) is 24.9 Å². The van der Waals surface area contributed by atoms with Crippen LogP contribution in [-0.2, 0) is 20.8 Å². The Morgan fingerprint density at radius 1 is 1.19 bits per heavy atom. The molecule has 5 rings (SSSR count). The van der Waals surface area contributed by atoms with Gasteiger partial charge in [0.05, 0.1) is 5.56 Å². The molecule has 1 saturated carbocycles. The Hall–Kier alpha value is -3.79. The number of aromatic hydroxyl groups is 1. The summed E-state index contributed by atoms with van der Waals surface area (Å²) >= 11 is 0. The van der Waals surface area contributed by atoms with Gasteiger partial charge < -0.3 is 26.2 Å². The number of ketones is 2. The second-order valence-electron chi connectivity index (χ2n) is 8.13. The molecule has 1 fully saturated rings. The van der Waals surface area contributed by atoms with Crippen LogP contribution in [0.3, 0.4) is 0 Å². The standard InChI is InChI=1S/C21H17N3O7/c22-20(30)14-11(25)4-10-3-8-1-7-2-9-5-23-6-24-15(9)17(27)12(7)16(26)13(8)18(28)21(10,31)19(14)29/h2,5-6,8,10,26-27,29,31H,1,3-4H2,(H2,22,30)/t8?,10-,21-/m0/s1. The summed E-state index contributed by atoms with van der Waals surface area (Å²) < 4.78 is 0. The van der Waals surface area contributed by atoms with Crippen LogP contribution in [0.5, 0.6) is 5.75 Å². The van der Waals surface area contributed by atoms with Gasteiger partial charge >= 0.3 is 0 Å². The van der Waals surface area contributed by atoms with Gasteiger partial charge in [-0.3, -0.25) is 14.4 Å². The molecule has 2 aromatic rings. The molecule has 158 valence electrons. The molecule has 3 aliphatic rings. The van der Waals surface area contributed by atoms with Crippen LogP contribution in [0.1, 0.15) is 24.0 Å². The van der Waals surface area contributed by atoms with Gasteiger partial charge in [-0.1, -0.05) is 0 Å². The molecule has 3 aliphatic carbocycles. The van der Waals surface area contributed by atoms with Gasteiger partial charge in [0.25, 0.3) is 5.91 Å². The Morgan fingerprint density at radius 2 is 1.94 bits per heavy atom. The number of primary amides is 1. The van der Waals surface area contributed by atoms with Crippen LogP contribution in [-0.4, -0.2) is 53.5 Å². The van der Waals surface area contributed by atoms with Crippen LogP contribution in [0.2, 0.25) is 0 Å². The molecular weight excluding hydrogens is 406 g/mol. The number of rotatable bonds is 1. The normalized spacial score (nSPS) is 27.8. The third-order valence-electron chi connectivity index (χ3n) is 6.52. The number of aliphatic hydroxyl groups is 3. The minimum Gasteiger partial charge on any atom is -0.508 e. The molecule has 0 bridgehead atoms. The first kappa shape index (κ1) is 19.2. The van der Waals surface area contributed by atoms with E-state index < -0.39 is 52.0 Å². The predicted octanol–water partition coefficient (Wildman–Crippen LogP) is 0.367. The average Bonchev–Trinajstić information content (AvgIpc) is 2.70. The summed E-state index contributed by atoms with van der Waals surface area (Å²) in [5.41, 5.74) is 2.36. The lowest BCUT2D eigenvalue weighted by atomic mass is 9.59. The number of fused-ring (bicyclic) bond motifs is 4. The fourth-order valence-corrected chi connectivity index (χ4v) is 5.13. The first-order valence-corrected chi connectivity index (χ1v) is 9.58. The van der Waals surface area contributed by atoms with Crippen molar-refractivity contribution in [1.29, 1.82) is 0 Å². The van der Waals surface area contributed by atoms with Gasteiger partial charge in [-0.05, 0) is 30.4 Å². The molecule has 1 aromatic heterocycles. The van der Waals surface area contributed by atoms with Crippen molar-refractivity contribution in [3.63, 3.8) is 0 Å². The van der Waals surface area contributed by atoms with E-state index in [1.54, 1.807) is 6.07 Å². The molecule has 3 atom stereocenters. The van der Waals surface area contributed by atoms with E-state index in [-0.39, 0.29) is 41.7 Å². The molecule has 1 unspecified atom stereocenters. The number of nitrogens with zero attached hydrogens (tertiary/aromatic N) is 2. The molecular formula is C21H17N3O7. The monoisotopic (exact) mass is 423 g/mol. The highest BCUT2D eigenvalue weighted by Crippen LogP contribution is 2.52. The lowest BCUT2D eigenvalue weighted by molar-refractivity contribution is -0.147. The number of Topliss-reactive ketones (excluding diaryl/α,β-unsaturated/α-hetero) is 2. The number of aromatic nitrogens is 2. The van der Waals surface area contributed by atoms with Crippen molar-refractivity contribution >= 4 is 34.1 Å². The fraction of sp³-hybridized carbons (Fsp3) is 0.286. The summed E-state index contributed by atoms with van der Waals surface area (Å²) in [6.07, 6.45) is 2.73. The van der Waals surface area contributed by atoms with Crippen LogP contribution in [0.15, 0.2) is 35.5 Å². The first-order chi connectivity index (χ1) is 14.7. The Bertz CT molecular complexity index is 1300. The lowest BCUT2D eigenvalue weighted by Crippen LogP contribution is -2.58. The van der Waals surface area contributed by atoms with Crippen LogP contribution in [0.25, 0.3) is 16.7 Å². The second kappa shape index (κ2) is 6.11. The molecule has 0 saturated heterocycles. The molecule has 10 nitrogen and oxygen atoms in total. The summed E-state index contributed by atoms with van der Waals surface area (Å²) in [4.78, 5) is 45.2. The van der Waals surface area contributed by atoms with Crippen LogP contribution in [0, 0.1) is 11.8 Å². The van der Waals surface area contributed by atoms with Crippen molar-refractivity contribution in [3.8, 4) is 5.75 Å². The maximum Gasteiger partial charge on any atom is 0.255 e. The van der Waals surface area contributed by atoms with Crippen LogP contribution < -0.4 is 5.73 Å². The minimum atomic E-state index is -2.57. The smallest absolute Gasteiger partial charge is 0.255 e. The number of aliphatic hydroxyl groups excluding tert-OH is 2. The Balaban J connectivity index is 1.74. The van der Waals surface area contributed by atoms with Crippen LogP contribution in [0.4, 0.5) is 0 Å². The van der Waals surface area contributed by atoms with Crippen molar-refractivity contribution in [3.05, 3.63) is 46.6 Å². The largest absolute Gasteiger partial charge is 0.508 e. The van der Waals surface area contributed by atoms with E-state index in [1.165, 1.54) is 12.5 Å². The zero-order chi connectivity index (χ0) is 22.2. The SMILES string of the molecule is NC(=O)C1=C(O)[C@@]2(O)C(=O)C3=C(O)c4c(cc5cncnc5c4O)CC3C[C@H]2CC1=O. The zero-order valence-corrected chi connectivity index (χ0v) is 16.0. The number of hydrogen-bond acceptors (Lipinski definition) is 9. The van der Waals surface area contributed by atoms with E-state index in [0.717, 1.165) is 0 Å². The fourth-order valence-electron chi connectivity index (χ4n) is 5.13. The van der Waals surface area contributed by atoms with Crippen molar-refractivity contribution in [2.75, 3.05) is 0 Å². The molecule has 31 heavy (non-hydrogen) atoms. The molecule has 10 heteroatoms. The molecule has 1 heterocycles. The first-order valence-electron chi connectivity index (χ1n) is 9.58. The third-order valence-corrected chi connectivity index (χ3v) is 6.52. The highest BCUT2D eigenvalue weighted by molar-refractivity contribution is 6.22. The van der Waals surface area contributed by atoms with Crippen LogP contribution >= 0.6 is 0 Å². The molecule has 1 amide bonds. The summed E-state index contributed by atoms with van der Waals surface area (Å²) in [7, 11) is 0. The van der Waals surface area contributed by atoms with Gasteiger partial charge in [0.2, 0.25) is 5.78 Å². The number of carbonyl (C=O) groups is 3. The topological polar surface area (TPSA) is 184 Å². The maximum atomic E-state index is 13.4. The molecule has 1 aromatic carbocycles. The van der Waals surface area contributed by atoms with Gasteiger partial charge in [-0.25, -0.2) is 9.97 Å². The predicted molar refractivity (Wildman–Crippen MR) is 104 cm³/mol. The molecule has 6 N–H and O–H groups in total. The van der Waals surface area contributed by atoms with E-state index in [1.807, 2.05) is 0 Å².